The minimum Gasteiger partial charge on any atom is -0.444 e. The minimum atomic E-state index is -1.13. The van der Waals surface area contributed by atoms with Crippen LogP contribution in [0.25, 0.3) is 0 Å². The Balaban J connectivity index is 0.00000841. The number of nitrogens with zero attached hydrogens (tertiary/aromatic N) is 3. The molecule has 0 saturated heterocycles. The number of alkyl carbamates (subject to hydrolysis) is 1. The fraction of sp³-hybridized carbons (Fsp3) is 0.750. The third-order valence-electron chi connectivity index (χ3n) is 4.09. The van der Waals surface area contributed by atoms with Gasteiger partial charge in [-0.15, -0.1) is 24.0 Å². The van der Waals surface area contributed by atoms with Crippen LogP contribution >= 0.6 is 24.0 Å². The first-order valence-corrected chi connectivity index (χ1v) is 10.2. The molecule has 1 amide bonds. The van der Waals surface area contributed by atoms with E-state index in [-0.39, 0.29) is 36.6 Å². The third-order valence-corrected chi connectivity index (χ3v) is 4.09. The molecular weight excluding hydrogens is 499 g/mol. The quantitative estimate of drug-likeness (QED) is 0.218. The van der Waals surface area contributed by atoms with E-state index in [0.717, 1.165) is 12.8 Å². The van der Waals surface area contributed by atoms with Gasteiger partial charge in [0, 0.05) is 37.9 Å². The van der Waals surface area contributed by atoms with Crippen molar-refractivity contribution in [3.63, 3.8) is 0 Å². The zero-order valence-electron chi connectivity index (χ0n) is 19.3. The Morgan fingerprint density at radius 1 is 1.30 bits per heavy atom. The predicted octanol–water partition coefficient (Wildman–Crippen LogP) is 2.49. The number of carbonyl (C=O) groups is 1. The predicted molar refractivity (Wildman–Crippen MR) is 130 cm³/mol. The van der Waals surface area contributed by atoms with Gasteiger partial charge in [0.15, 0.2) is 5.96 Å². The van der Waals surface area contributed by atoms with Crippen molar-refractivity contribution in [3.8, 4) is 0 Å². The number of nitrogens with one attached hydrogen (secondary N) is 3. The topological polar surface area (TPSA) is 113 Å². The molecule has 0 aromatic carbocycles. The molecule has 0 spiro atoms. The van der Waals surface area contributed by atoms with Crippen LogP contribution in [-0.4, -0.2) is 58.2 Å². The van der Waals surface area contributed by atoms with Gasteiger partial charge in [-0.25, -0.2) is 9.79 Å². The van der Waals surface area contributed by atoms with E-state index >= 15 is 0 Å². The largest absolute Gasteiger partial charge is 0.444 e. The summed E-state index contributed by atoms with van der Waals surface area (Å²) in [5.41, 5.74) is -0.966. The maximum absolute atomic E-state index is 12.1. The van der Waals surface area contributed by atoms with Crippen LogP contribution in [0, 0.1) is 0 Å². The Labute approximate surface area is 197 Å². The van der Waals surface area contributed by atoms with E-state index in [1.165, 1.54) is 0 Å². The lowest BCUT2D eigenvalue weighted by molar-refractivity contribution is 0.0502. The summed E-state index contributed by atoms with van der Waals surface area (Å²) < 4.78 is 6.99. The highest BCUT2D eigenvalue weighted by molar-refractivity contribution is 14.0. The van der Waals surface area contributed by atoms with Crippen LogP contribution in [-0.2, 0) is 17.4 Å². The van der Waals surface area contributed by atoms with E-state index in [1.54, 1.807) is 31.0 Å². The van der Waals surface area contributed by atoms with E-state index in [0.29, 0.717) is 24.6 Å². The molecule has 0 aliphatic carbocycles. The fourth-order valence-electron chi connectivity index (χ4n) is 2.63. The standard InChI is InChI=1S/C20H38N6O3.HI/c1-8-10-16(25-18(27)29-19(3,4)5)12-22-17(21-9-2)23-14-20(6,28)15-11-24-26(7)13-15;/h11,13,16,28H,8-10,12,14H2,1-7H3,(H,25,27)(H2,21,22,23);1H. The summed E-state index contributed by atoms with van der Waals surface area (Å²) in [7, 11) is 1.81. The first-order valence-electron chi connectivity index (χ1n) is 10.2. The lowest BCUT2D eigenvalue weighted by atomic mass is 10.0. The highest BCUT2D eigenvalue weighted by Gasteiger charge is 2.25. The highest BCUT2D eigenvalue weighted by atomic mass is 127. The molecule has 0 aliphatic rings. The molecule has 1 aromatic rings. The summed E-state index contributed by atoms with van der Waals surface area (Å²) in [6, 6.07) is -0.0995. The summed E-state index contributed by atoms with van der Waals surface area (Å²) in [5.74, 6) is 0.573. The molecule has 0 saturated carbocycles. The summed E-state index contributed by atoms with van der Waals surface area (Å²) in [6.45, 7) is 12.6. The Morgan fingerprint density at radius 2 is 1.97 bits per heavy atom. The molecule has 10 heteroatoms. The van der Waals surface area contributed by atoms with Crippen molar-refractivity contribution in [2.75, 3.05) is 19.6 Å². The van der Waals surface area contributed by atoms with Crippen LogP contribution in [0.1, 0.15) is 59.9 Å². The molecule has 174 valence electrons. The maximum Gasteiger partial charge on any atom is 0.407 e. The van der Waals surface area contributed by atoms with E-state index < -0.39 is 17.3 Å². The minimum absolute atomic E-state index is 0. The van der Waals surface area contributed by atoms with Gasteiger partial charge in [-0.1, -0.05) is 13.3 Å². The van der Waals surface area contributed by atoms with Crippen molar-refractivity contribution in [1.29, 1.82) is 0 Å². The smallest absolute Gasteiger partial charge is 0.407 e. The van der Waals surface area contributed by atoms with Gasteiger partial charge in [0.2, 0.25) is 0 Å². The van der Waals surface area contributed by atoms with E-state index in [1.807, 2.05) is 27.7 Å². The number of aliphatic hydroxyl groups is 1. The summed E-state index contributed by atoms with van der Waals surface area (Å²) in [5, 5.41) is 24.1. The van der Waals surface area contributed by atoms with Crippen molar-refractivity contribution in [2.24, 2.45) is 12.0 Å². The first kappa shape index (κ1) is 28.4. The number of guanidine groups is 1. The van der Waals surface area contributed by atoms with Crippen LogP contribution in [0.15, 0.2) is 17.4 Å². The highest BCUT2D eigenvalue weighted by Crippen LogP contribution is 2.19. The molecule has 1 rings (SSSR count). The van der Waals surface area contributed by atoms with Gasteiger partial charge in [0.05, 0.1) is 12.7 Å². The number of rotatable bonds is 9. The summed E-state index contributed by atoms with van der Waals surface area (Å²) in [4.78, 5) is 16.6. The lowest BCUT2D eigenvalue weighted by Gasteiger charge is -2.25. The molecule has 2 atom stereocenters. The number of ether oxygens (including phenoxy) is 1. The van der Waals surface area contributed by atoms with Crippen LogP contribution in [0.3, 0.4) is 0 Å². The molecule has 30 heavy (non-hydrogen) atoms. The number of halogens is 1. The van der Waals surface area contributed by atoms with Gasteiger partial charge < -0.3 is 25.8 Å². The van der Waals surface area contributed by atoms with Crippen LogP contribution in [0.4, 0.5) is 4.79 Å². The molecule has 2 unspecified atom stereocenters. The normalized spacial score (nSPS) is 14.9. The molecule has 4 N–H and O–H groups in total. The second-order valence-corrected chi connectivity index (χ2v) is 8.38. The zero-order chi connectivity index (χ0) is 22.1. The van der Waals surface area contributed by atoms with Gasteiger partial charge in [-0.2, -0.15) is 5.10 Å². The molecule has 0 aliphatic heterocycles. The zero-order valence-corrected chi connectivity index (χ0v) is 21.6. The maximum atomic E-state index is 12.1. The van der Waals surface area contributed by atoms with E-state index in [9.17, 15) is 9.90 Å². The van der Waals surface area contributed by atoms with Crippen molar-refractivity contribution in [2.45, 2.75) is 71.6 Å². The number of aryl methyl sites for hydroxylation is 1. The molecule has 1 heterocycles. The van der Waals surface area contributed by atoms with Gasteiger partial charge in [0.25, 0.3) is 0 Å². The lowest BCUT2D eigenvalue weighted by Crippen LogP contribution is -2.48. The number of hydrogen-bond acceptors (Lipinski definition) is 5. The second-order valence-electron chi connectivity index (χ2n) is 8.38. The Morgan fingerprint density at radius 3 is 2.47 bits per heavy atom. The second kappa shape index (κ2) is 13.0. The van der Waals surface area contributed by atoms with Crippen LogP contribution in [0.5, 0.6) is 0 Å². The Bertz CT molecular complexity index is 670. The molecule has 0 fully saturated rings. The SMILES string of the molecule is CCCC(CNC(=NCC(C)(O)c1cnn(C)c1)NCC)NC(=O)OC(C)(C)C.I. The molecule has 9 nitrogen and oxygen atoms in total. The number of hydrogen-bond donors (Lipinski definition) is 4. The van der Waals surface area contributed by atoms with Crippen molar-refractivity contribution in [3.05, 3.63) is 18.0 Å². The number of aliphatic imine (C=N–C) groups is 1. The van der Waals surface area contributed by atoms with Gasteiger partial charge in [-0.3, -0.25) is 4.68 Å². The fourth-order valence-corrected chi connectivity index (χ4v) is 2.63. The summed E-state index contributed by atoms with van der Waals surface area (Å²) in [6.07, 6.45) is 4.71. The molecule has 1 aromatic heterocycles. The van der Waals surface area contributed by atoms with E-state index in [4.69, 9.17) is 4.74 Å². The van der Waals surface area contributed by atoms with Crippen LogP contribution < -0.4 is 16.0 Å². The molecule has 0 radical (unpaired) electrons. The van der Waals surface area contributed by atoms with Crippen molar-refractivity contribution < 1.29 is 14.6 Å². The average Bonchev–Trinajstić information content (AvgIpc) is 3.03. The van der Waals surface area contributed by atoms with Crippen molar-refractivity contribution >= 4 is 36.0 Å². The monoisotopic (exact) mass is 538 g/mol. The average molecular weight is 538 g/mol. The first-order chi connectivity index (χ1) is 13.5. The Hall–Kier alpha value is -1.56. The summed E-state index contributed by atoms with van der Waals surface area (Å²) >= 11 is 0. The van der Waals surface area contributed by atoms with E-state index in [2.05, 4.69) is 33.0 Å². The number of carbonyl (C=O) groups excluding carboxylic acids is 1. The van der Waals surface area contributed by atoms with Crippen LogP contribution in [0.2, 0.25) is 0 Å². The molecular formula is C20H39IN6O3. The number of amides is 1. The van der Waals surface area contributed by atoms with Crippen molar-refractivity contribution in [1.82, 2.24) is 25.7 Å². The Kier molecular flexibility index (Phi) is 12.3. The molecule has 0 bridgehead atoms. The van der Waals surface area contributed by atoms with Gasteiger partial charge in [-0.05, 0) is 41.0 Å². The van der Waals surface area contributed by atoms with Gasteiger partial charge in [0.1, 0.15) is 11.2 Å². The van der Waals surface area contributed by atoms with Gasteiger partial charge >= 0.3 is 6.09 Å². The third kappa shape index (κ3) is 11.0. The number of aromatic nitrogens is 2.